The monoisotopic (exact) mass is 422 g/mol. The summed E-state index contributed by atoms with van der Waals surface area (Å²) in [5.41, 5.74) is 5.27. The Bertz CT molecular complexity index is 1080. The number of nitrogens with two attached hydrogens (primary N) is 1. The summed E-state index contributed by atoms with van der Waals surface area (Å²) >= 11 is 0. The number of amides is 1. The third kappa shape index (κ3) is 5.67. The minimum Gasteiger partial charge on any atom is -0.337 e. The molecule has 2 heterocycles. The molecule has 9 heteroatoms. The smallest absolute Gasteiger partial charge is 0.260 e. The van der Waals surface area contributed by atoms with Crippen LogP contribution in [0.2, 0.25) is 0 Å². The lowest BCUT2D eigenvalue weighted by molar-refractivity contribution is -0.577. The lowest BCUT2D eigenvalue weighted by Gasteiger charge is -2.21. The molecule has 3 rings (SSSR count). The van der Waals surface area contributed by atoms with Gasteiger partial charge in [0.15, 0.2) is 5.69 Å². The van der Waals surface area contributed by atoms with E-state index < -0.39 is 0 Å². The Hall–Kier alpha value is -3.72. The van der Waals surface area contributed by atoms with E-state index in [1.54, 1.807) is 27.3 Å². The van der Waals surface area contributed by atoms with Crippen LogP contribution in [0.1, 0.15) is 22.8 Å². The first-order valence-electron chi connectivity index (χ1n) is 9.91. The second-order valence-electron chi connectivity index (χ2n) is 6.92. The Labute approximate surface area is 179 Å². The topological polar surface area (TPSA) is 104 Å². The van der Waals surface area contributed by atoms with Crippen LogP contribution in [0, 0.1) is 18.2 Å². The van der Waals surface area contributed by atoms with Gasteiger partial charge >= 0.3 is 0 Å². The largest absolute Gasteiger partial charge is 0.337 e. The number of nitrogens with one attached hydrogen (secondary N) is 1. The highest BCUT2D eigenvalue weighted by Gasteiger charge is 2.20. The molecule has 0 aliphatic heterocycles. The van der Waals surface area contributed by atoms with E-state index in [0.717, 1.165) is 17.3 Å². The Morgan fingerprint density at radius 2 is 2.16 bits per heavy atom. The molecule has 0 aliphatic carbocycles. The molecule has 2 aromatic heterocycles. The molecule has 0 fully saturated rings. The Balaban J connectivity index is 1.71. The zero-order valence-electron chi connectivity index (χ0n) is 17.5. The fourth-order valence-corrected chi connectivity index (χ4v) is 3.10. The van der Waals surface area contributed by atoms with Crippen molar-refractivity contribution in [2.45, 2.75) is 20.4 Å². The molecule has 0 aliphatic rings. The van der Waals surface area contributed by atoms with Gasteiger partial charge in [-0.05, 0) is 37.6 Å². The van der Waals surface area contributed by atoms with E-state index >= 15 is 0 Å². The Morgan fingerprint density at radius 1 is 1.32 bits per heavy atom. The number of hydrogen-bond acceptors (Lipinski definition) is 5. The van der Waals surface area contributed by atoms with E-state index in [2.05, 4.69) is 15.2 Å². The third-order valence-corrected chi connectivity index (χ3v) is 4.74. The number of benzene rings is 1. The highest BCUT2D eigenvalue weighted by atomic mass is 19.1. The summed E-state index contributed by atoms with van der Waals surface area (Å²) in [6.45, 7) is 5.40. The second-order valence-corrected chi connectivity index (χ2v) is 6.92. The van der Waals surface area contributed by atoms with Gasteiger partial charge in [0.25, 0.3) is 5.91 Å². The Kier molecular flexibility index (Phi) is 7.34. The van der Waals surface area contributed by atoms with Gasteiger partial charge in [0, 0.05) is 37.1 Å². The lowest BCUT2D eigenvalue weighted by atomic mass is 10.1. The van der Waals surface area contributed by atoms with E-state index in [-0.39, 0.29) is 11.7 Å². The molecular weight excluding hydrogens is 397 g/mol. The maximum atomic E-state index is 13.2. The average Bonchev–Trinajstić information content (AvgIpc) is 3.24. The van der Waals surface area contributed by atoms with Gasteiger partial charge in [-0.15, -0.1) is 0 Å². The number of carbonyl (C=O) groups is 1. The van der Waals surface area contributed by atoms with Gasteiger partial charge in [0.05, 0.1) is 24.6 Å². The molecule has 0 unspecified atom stereocenters. The molecule has 3 aromatic rings. The lowest BCUT2D eigenvalue weighted by Crippen LogP contribution is -2.72. The van der Waals surface area contributed by atoms with Crippen LogP contribution >= 0.6 is 0 Å². The van der Waals surface area contributed by atoms with Crippen molar-refractivity contribution in [2.24, 2.45) is 5.10 Å². The first-order valence-corrected chi connectivity index (χ1v) is 9.91. The minimum atomic E-state index is -0.385. The zero-order valence-corrected chi connectivity index (χ0v) is 17.5. The molecule has 31 heavy (non-hydrogen) atoms. The second kappa shape index (κ2) is 10.4. The van der Waals surface area contributed by atoms with Crippen molar-refractivity contribution >= 4 is 24.0 Å². The summed E-state index contributed by atoms with van der Waals surface area (Å²) in [4.78, 5) is 19.0. The van der Waals surface area contributed by atoms with Gasteiger partial charge < -0.3 is 10.3 Å². The summed E-state index contributed by atoms with van der Waals surface area (Å²) in [5.74, 6) is -0.473. The van der Waals surface area contributed by atoms with Crippen molar-refractivity contribution in [3.05, 3.63) is 65.9 Å². The van der Waals surface area contributed by atoms with Gasteiger partial charge in [-0.25, -0.2) is 4.39 Å². The number of aryl methyl sites for hydroxylation is 1. The van der Waals surface area contributed by atoms with Gasteiger partial charge in [-0.1, -0.05) is 11.2 Å². The molecule has 160 valence electrons. The van der Waals surface area contributed by atoms with Gasteiger partial charge in [-0.3, -0.25) is 14.5 Å². The van der Waals surface area contributed by atoms with E-state index in [1.807, 2.05) is 38.2 Å². The quantitative estimate of drug-likeness (QED) is 0.239. The van der Waals surface area contributed by atoms with E-state index in [9.17, 15) is 9.18 Å². The van der Waals surface area contributed by atoms with Crippen LogP contribution in [-0.2, 0) is 6.54 Å². The minimum absolute atomic E-state index is 0.0879. The van der Waals surface area contributed by atoms with Crippen LogP contribution in [0.3, 0.4) is 0 Å². The normalized spacial score (nSPS) is 11.1. The fraction of sp³-hybridized carbons (Fsp3) is 0.227. The SMILES string of the molecule is CCN(CCn1cc(-c2ccc(F)cn2)cn1)C(=O)c1cc(C)ccc1[NH2+]/N=C\C=N. The molecule has 0 saturated heterocycles. The molecule has 0 bridgehead atoms. The summed E-state index contributed by atoms with van der Waals surface area (Å²) < 4.78 is 14.8. The van der Waals surface area contributed by atoms with Crippen LogP contribution in [0.15, 0.2) is 54.0 Å². The fourth-order valence-electron chi connectivity index (χ4n) is 3.10. The molecule has 0 radical (unpaired) electrons. The number of quaternary nitrogens is 1. The highest BCUT2D eigenvalue weighted by Crippen LogP contribution is 2.17. The van der Waals surface area contributed by atoms with E-state index in [4.69, 9.17) is 5.41 Å². The van der Waals surface area contributed by atoms with Crippen LogP contribution in [0.5, 0.6) is 0 Å². The van der Waals surface area contributed by atoms with E-state index in [1.165, 1.54) is 18.5 Å². The summed E-state index contributed by atoms with van der Waals surface area (Å²) in [6, 6.07) is 8.60. The molecule has 0 spiro atoms. The van der Waals surface area contributed by atoms with Gasteiger partial charge in [-0.2, -0.15) is 10.5 Å². The first kappa shape index (κ1) is 22.0. The van der Waals surface area contributed by atoms with Crippen molar-refractivity contribution in [1.29, 1.82) is 5.41 Å². The van der Waals surface area contributed by atoms with Crippen LogP contribution in [-0.4, -0.2) is 51.1 Å². The van der Waals surface area contributed by atoms with Crippen molar-refractivity contribution < 1.29 is 14.6 Å². The summed E-state index contributed by atoms with van der Waals surface area (Å²) in [6.07, 6.45) is 7.12. The van der Waals surface area contributed by atoms with Crippen molar-refractivity contribution in [3.63, 3.8) is 0 Å². The predicted octanol–water partition coefficient (Wildman–Crippen LogP) is 2.39. The number of aromatic nitrogens is 3. The van der Waals surface area contributed by atoms with Crippen molar-refractivity contribution in [2.75, 3.05) is 13.1 Å². The number of pyridine rings is 1. The van der Waals surface area contributed by atoms with Gasteiger partial charge in [0.2, 0.25) is 0 Å². The molecule has 0 atom stereocenters. The van der Waals surface area contributed by atoms with Gasteiger partial charge in [0.1, 0.15) is 17.6 Å². The van der Waals surface area contributed by atoms with Crippen molar-refractivity contribution in [3.8, 4) is 11.3 Å². The highest BCUT2D eigenvalue weighted by molar-refractivity contribution is 6.14. The maximum absolute atomic E-state index is 13.2. The van der Waals surface area contributed by atoms with E-state index in [0.29, 0.717) is 36.6 Å². The number of nitrogens with zero attached hydrogens (tertiary/aromatic N) is 5. The number of likely N-dealkylation sites (N-methyl/N-ethyl adjacent to an activating group) is 1. The number of carbonyl (C=O) groups excluding carboxylic acids is 1. The summed E-state index contributed by atoms with van der Waals surface area (Å²) in [7, 11) is 0. The van der Waals surface area contributed by atoms with Crippen LogP contribution in [0.25, 0.3) is 11.3 Å². The van der Waals surface area contributed by atoms with Crippen molar-refractivity contribution in [1.82, 2.24) is 19.7 Å². The molecule has 0 saturated carbocycles. The first-order chi connectivity index (χ1) is 15.0. The van der Waals surface area contributed by atoms with Crippen LogP contribution < -0.4 is 5.43 Å². The molecule has 1 amide bonds. The molecule has 1 aromatic carbocycles. The zero-order chi connectivity index (χ0) is 22.2. The average molecular weight is 422 g/mol. The Morgan fingerprint density at radius 3 is 2.87 bits per heavy atom. The molecule has 8 nitrogen and oxygen atoms in total. The maximum Gasteiger partial charge on any atom is 0.260 e. The molecule has 3 N–H and O–H groups in total. The predicted molar refractivity (Wildman–Crippen MR) is 117 cm³/mol. The number of rotatable bonds is 9. The number of halogens is 1. The summed E-state index contributed by atoms with van der Waals surface area (Å²) in [5, 5.41) is 15.4. The standard InChI is InChI=1S/C22H24FN7O/c1-3-29(22(31)19-12-16(2)4-6-21(19)28-26-9-8-24)10-11-30-15-17(13-27-30)20-7-5-18(23)14-25-20/h4-9,12-15,24,28H,3,10-11H2,1-2H3/p+1/b24-8?,26-9-. The third-order valence-electron chi connectivity index (χ3n) is 4.74. The van der Waals surface area contributed by atoms with Crippen LogP contribution in [0.4, 0.5) is 10.1 Å². The molecular formula is C22H25FN7O+. The number of hydrogen-bond donors (Lipinski definition) is 2.